The molecular formula is C10H18N2. The van der Waals surface area contributed by atoms with Crippen LogP contribution < -0.4 is 5.32 Å². The molecule has 0 radical (unpaired) electrons. The normalized spacial score (nSPS) is 20.8. The van der Waals surface area contributed by atoms with Gasteiger partial charge in [0, 0.05) is 30.9 Å². The molecule has 0 heterocycles. The fourth-order valence-corrected chi connectivity index (χ4v) is 0.975. The van der Waals surface area contributed by atoms with E-state index in [-0.39, 0.29) is 0 Å². The Labute approximate surface area is 74.8 Å². The van der Waals surface area contributed by atoms with Gasteiger partial charge in [-0.15, -0.1) is 0 Å². The van der Waals surface area contributed by atoms with Crippen molar-refractivity contribution >= 4 is 6.21 Å². The molecule has 0 saturated heterocycles. The maximum atomic E-state index is 4.14. The van der Waals surface area contributed by atoms with Crippen molar-refractivity contribution in [2.75, 3.05) is 6.54 Å². The third-order valence-electron chi connectivity index (χ3n) is 1.88. The monoisotopic (exact) mass is 166 g/mol. The lowest BCUT2D eigenvalue weighted by atomic mass is 10.2. The minimum Gasteiger partial charge on any atom is -0.313 e. The van der Waals surface area contributed by atoms with Crippen LogP contribution in [0.15, 0.2) is 17.3 Å². The number of hydrogen-bond donors (Lipinski definition) is 1. The summed E-state index contributed by atoms with van der Waals surface area (Å²) in [6, 6.07) is 0.808. The van der Waals surface area contributed by atoms with E-state index in [0.717, 1.165) is 12.6 Å². The standard InChI is InChI=1S/C10H18N2/c1-3-6-11-7-9(2)8-12-10-4-5-10/h3,6-7,9-10,12H,4-5,8H2,1-2H3/b6-3-,11-7?. The quantitative estimate of drug-likeness (QED) is 0.620. The molecular weight excluding hydrogens is 148 g/mol. The van der Waals surface area contributed by atoms with Crippen molar-refractivity contribution in [2.45, 2.75) is 32.7 Å². The van der Waals surface area contributed by atoms with Gasteiger partial charge >= 0.3 is 0 Å². The first-order chi connectivity index (χ1) is 5.83. The number of rotatable bonds is 5. The molecule has 2 nitrogen and oxygen atoms in total. The van der Waals surface area contributed by atoms with Gasteiger partial charge in [0.05, 0.1) is 0 Å². The van der Waals surface area contributed by atoms with Gasteiger partial charge in [-0.25, -0.2) is 0 Å². The zero-order chi connectivity index (χ0) is 8.81. The van der Waals surface area contributed by atoms with E-state index in [1.165, 1.54) is 12.8 Å². The Morgan fingerprint density at radius 2 is 2.33 bits per heavy atom. The molecule has 0 aliphatic heterocycles. The molecule has 68 valence electrons. The average molecular weight is 166 g/mol. The Morgan fingerprint density at radius 3 is 2.92 bits per heavy atom. The maximum absolute atomic E-state index is 4.14. The number of nitrogens with one attached hydrogen (secondary N) is 1. The van der Waals surface area contributed by atoms with Crippen molar-refractivity contribution in [2.24, 2.45) is 10.9 Å². The van der Waals surface area contributed by atoms with Crippen LogP contribution in [0.4, 0.5) is 0 Å². The highest BCUT2D eigenvalue weighted by Crippen LogP contribution is 2.18. The molecule has 1 N–H and O–H groups in total. The summed E-state index contributed by atoms with van der Waals surface area (Å²) in [7, 11) is 0. The predicted molar refractivity (Wildman–Crippen MR) is 53.5 cm³/mol. The highest BCUT2D eigenvalue weighted by atomic mass is 14.9. The summed E-state index contributed by atoms with van der Waals surface area (Å²) in [5, 5.41) is 3.47. The van der Waals surface area contributed by atoms with E-state index in [4.69, 9.17) is 0 Å². The Hall–Kier alpha value is -0.630. The van der Waals surface area contributed by atoms with Crippen LogP contribution >= 0.6 is 0 Å². The van der Waals surface area contributed by atoms with Crippen molar-refractivity contribution in [3.63, 3.8) is 0 Å². The van der Waals surface area contributed by atoms with E-state index in [2.05, 4.69) is 17.2 Å². The summed E-state index contributed by atoms with van der Waals surface area (Å²) < 4.78 is 0. The lowest BCUT2D eigenvalue weighted by molar-refractivity contribution is 0.618. The zero-order valence-corrected chi connectivity index (χ0v) is 7.96. The molecule has 1 aliphatic carbocycles. The number of hydrogen-bond acceptors (Lipinski definition) is 2. The minimum atomic E-state index is 0.543. The van der Waals surface area contributed by atoms with Gasteiger partial charge in [-0.05, 0) is 19.8 Å². The highest BCUT2D eigenvalue weighted by Gasteiger charge is 2.20. The molecule has 0 aromatic rings. The van der Waals surface area contributed by atoms with Gasteiger partial charge in [0.2, 0.25) is 0 Å². The fourth-order valence-electron chi connectivity index (χ4n) is 0.975. The molecule has 1 aliphatic rings. The molecule has 0 aromatic carbocycles. The summed E-state index contributed by atoms with van der Waals surface area (Å²) in [4.78, 5) is 4.14. The van der Waals surface area contributed by atoms with Gasteiger partial charge in [-0.3, -0.25) is 4.99 Å². The van der Waals surface area contributed by atoms with Crippen molar-refractivity contribution in [3.05, 3.63) is 12.3 Å². The molecule has 1 atom stereocenters. The average Bonchev–Trinajstić information content (AvgIpc) is 2.84. The molecule has 2 heteroatoms. The van der Waals surface area contributed by atoms with Gasteiger partial charge in [0.15, 0.2) is 0 Å². The second-order valence-corrected chi connectivity index (χ2v) is 3.44. The van der Waals surface area contributed by atoms with Gasteiger partial charge in [-0.1, -0.05) is 13.0 Å². The molecule has 0 spiro atoms. The van der Waals surface area contributed by atoms with E-state index in [9.17, 15) is 0 Å². The highest BCUT2D eigenvalue weighted by molar-refractivity contribution is 5.61. The molecule has 0 amide bonds. The van der Waals surface area contributed by atoms with Gasteiger partial charge < -0.3 is 5.32 Å². The van der Waals surface area contributed by atoms with Crippen LogP contribution in [0.25, 0.3) is 0 Å². The Morgan fingerprint density at radius 1 is 1.58 bits per heavy atom. The maximum Gasteiger partial charge on any atom is 0.0221 e. The van der Waals surface area contributed by atoms with Crippen LogP contribution in [0.5, 0.6) is 0 Å². The first-order valence-corrected chi connectivity index (χ1v) is 4.70. The SMILES string of the molecule is C/C=C\N=CC(C)CNC1CC1. The third kappa shape index (κ3) is 4.29. The van der Waals surface area contributed by atoms with Crippen LogP contribution in [0.1, 0.15) is 26.7 Å². The van der Waals surface area contributed by atoms with Crippen LogP contribution in [0.3, 0.4) is 0 Å². The molecule has 0 bridgehead atoms. The van der Waals surface area contributed by atoms with E-state index in [1.54, 1.807) is 0 Å². The van der Waals surface area contributed by atoms with Crippen molar-refractivity contribution in [3.8, 4) is 0 Å². The minimum absolute atomic E-state index is 0.543. The van der Waals surface area contributed by atoms with Crippen LogP contribution in [-0.2, 0) is 0 Å². The summed E-state index contributed by atoms with van der Waals surface area (Å²) in [5.74, 6) is 0.543. The summed E-state index contributed by atoms with van der Waals surface area (Å²) in [6.07, 6.45) is 8.48. The van der Waals surface area contributed by atoms with E-state index >= 15 is 0 Å². The number of allylic oxidation sites excluding steroid dienone is 1. The smallest absolute Gasteiger partial charge is 0.0221 e. The van der Waals surface area contributed by atoms with Crippen LogP contribution in [0.2, 0.25) is 0 Å². The van der Waals surface area contributed by atoms with Gasteiger partial charge in [-0.2, -0.15) is 0 Å². The van der Waals surface area contributed by atoms with Crippen molar-refractivity contribution in [1.29, 1.82) is 0 Å². The van der Waals surface area contributed by atoms with E-state index in [0.29, 0.717) is 5.92 Å². The van der Waals surface area contributed by atoms with Crippen molar-refractivity contribution in [1.82, 2.24) is 5.32 Å². The van der Waals surface area contributed by atoms with Gasteiger partial charge in [0.25, 0.3) is 0 Å². The van der Waals surface area contributed by atoms with Gasteiger partial charge in [0.1, 0.15) is 0 Å². The van der Waals surface area contributed by atoms with E-state index < -0.39 is 0 Å². The lowest BCUT2D eigenvalue weighted by Gasteiger charge is -2.05. The fraction of sp³-hybridized carbons (Fsp3) is 0.700. The molecule has 0 aromatic heterocycles. The topological polar surface area (TPSA) is 24.4 Å². The zero-order valence-electron chi connectivity index (χ0n) is 7.96. The summed E-state index contributed by atoms with van der Waals surface area (Å²) >= 11 is 0. The van der Waals surface area contributed by atoms with Crippen LogP contribution in [-0.4, -0.2) is 18.8 Å². The first kappa shape index (κ1) is 9.46. The lowest BCUT2D eigenvalue weighted by Crippen LogP contribution is -2.23. The first-order valence-electron chi connectivity index (χ1n) is 4.70. The Kier molecular flexibility index (Phi) is 4.01. The Bertz CT molecular complexity index is 169. The van der Waals surface area contributed by atoms with Crippen molar-refractivity contribution < 1.29 is 0 Å². The molecule has 1 fully saturated rings. The molecule has 1 unspecified atom stereocenters. The molecule has 12 heavy (non-hydrogen) atoms. The molecule has 1 rings (SSSR count). The van der Waals surface area contributed by atoms with E-state index in [1.807, 2.05) is 25.4 Å². The Balaban J connectivity index is 2.04. The summed E-state index contributed by atoms with van der Waals surface area (Å²) in [6.45, 7) is 5.22. The number of aliphatic imine (C=N–C) groups is 1. The number of nitrogens with zero attached hydrogens (tertiary/aromatic N) is 1. The second-order valence-electron chi connectivity index (χ2n) is 3.44. The largest absolute Gasteiger partial charge is 0.313 e. The second kappa shape index (κ2) is 5.09. The summed E-state index contributed by atoms with van der Waals surface area (Å²) in [5.41, 5.74) is 0. The third-order valence-corrected chi connectivity index (χ3v) is 1.88. The molecule has 1 saturated carbocycles. The van der Waals surface area contributed by atoms with Crippen LogP contribution in [0, 0.1) is 5.92 Å². The predicted octanol–water partition coefficient (Wildman–Crippen LogP) is 1.98.